The van der Waals surface area contributed by atoms with Crippen LogP contribution in [0.4, 0.5) is 0 Å². The fourth-order valence-electron chi connectivity index (χ4n) is 1.36. The molecule has 1 heterocycles. The lowest BCUT2D eigenvalue weighted by atomic mass is 10.2. The monoisotopic (exact) mass is 253 g/mol. The highest BCUT2D eigenvalue weighted by atomic mass is 32.1. The molecule has 1 amide bonds. The van der Waals surface area contributed by atoms with Crippen LogP contribution >= 0.6 is 11.3 Å². The van der Waals surface area contributed by atoms with Gasteiger partial charge in [0.2, 0.25) is 5.91 Å². The number of amides is 1. The summed E-state index contributed by atoms with van der Waals surface area (Å²) in [7, 11) is 0. The van der Waals surface area contributed by atoms with Crippen molar-refractivity contribution in [1.82, 2.24) is 10.3 Å². The number of aromatic nitrogens is 1. The van der Waals surface area contributed by atoms with E-state index >= 15 is 0 Å². The Morgan fingerprint density at radius 2 is 2.47 bits per heavy atom. The number of aryl methyl sites for hydroxylation is 1. The van der Waals surface area contributed by atoms with Crippen molar-refractivity contribution in [2.75, 3.05) is 0 Å². The van der Waals surface area contributed by atoms with E-state index in [0.717, 1.165) is 11.4 Å². The Balaban J connectivity index is 2.56. The van der Waals surface area contributed by atoms with Crippen molar-refractivity contribution in [3.8, 4) is 0 Å². The fourth-order valence-corrected chi connectivity index (χ4v) is 2.21. The summed E-state index contributed by atoms with van der Waals surface area (Å²) in [4.78, 5) is 17.2. The van der Waals surface area contributed by atoms with Crippen LogP contribution < -0.4 is 11.1 Å². The molecule has 1 aromatic heterocycles. The van der Waals surface area contributed by atoms with Gasteiger partial charge in [0.1, 0.15) is 5.01 Å². The molecular weight excluding hydrogens is 234 g/mol. The molecule has 0 saturated carbocycles. The van der Waals surface area contributed by atoms with Crippen molar-refractivity contribution >= 4 is 17.2 Å². The third-order valence-corrected chi connectivity index (χ3v) is 3.73. The zero-order valence-electron chi connectivity index (χ0n) is 10.3. The number of carbonyl (C=O) groups is 1. The second-order valence-electron chi connectivity index (χ2n) is 3.88. The van der Waals surface area contributed by atoms with Crippen LogP contribution in [0.2, 0.25) is 0 Å². The Morgan fingerprint density at radius 3 is 3.00 bits per heavy atom. The van der Waals surface area contributed by atoms with E-state index in [1.54, 1.807) is 17.4 Å². The second-order valence-corrected chi connectivity index (χ2v) is 5.03. The average Bonchev–Trinajstić information content (AvgIpc) is 2.77. The highest BCUT2D eigenvalue weighted by Gasteiger charge is 2.17. The molecule has 1 aromatic rings. The Kier molecular flexibility index (Phi) is 5.31. The van der Waals surface area contributed by atoms with E-state index in [1.807, 2.05) is 13.1 Å². The van der Waals surface area contributed by atoms with E-state index in [2.05, 4.69) is 23.8 Å². The third-order valence-electron chi connectivity index (χ3n) is 2.41. The van der Waals surface area contributed by atoms with E-state index < -0.39 is 6.04 Å². The van der Waals surface area contributed by atoms with Gasteiger partial charge in [0.25, 0.3) is 0 Å². The Bertz CT molecular complexity index is 389. The van der Waals surface area contributed by atoms with Crippen molar-refractivity contribution in [2.24, 2.45) is 5.73 Å². The standard InChI is InChI=1S/C12H19N3OS/c1-4-6-10(13)11(16)15-8(3)12-14-7-9(5-2)17-12/h4,7-8,10H,1,5-6,13H2,2-3H3,(H,15,16). The van der Waals surface area contributed by atoms with Crippen molar-refractivity contribution < 1.29 is 4.79 Å². The molecule has 4 nitrogen and oxygen atoms in total. The van der Waals surface area contributed by atoms with Gasteiger partial charge in [-0.1, -0.05) is 13.0 Å². The van der Waals surface area contributed by atoms with Gasteiger partial charge in [0, 0.05) is 11.1 Å². The van der Waals surface area contributed by atoms with Crippen LogP contribution in [0.5, 0.6) is 0 Å². The molecule has 2 unspecified atom stereocenters. The molecule has 0 aliphatic rings. The number of carbonyl (C=O) groups excluding carboxylic acids is 1. The van der Waals surface area contributed by atoms with Crippen molar-refractivity contribution in [2.45, 2.75) is 38.8 Å². The number of nitrogens with zero attached hydrogens (tertiary/aromatic N) is 1. The molecule has 0 aliphatic heterocycles. The molecule has 17 heavy (non-hydrogen) atoms. The van der Waals surface area contributed by atoms with Crippen LogP contribution in [0, 0.1) is 0 Å². The maximum absolute atomic E-state index is 11.7. The molecule has 0 radical (unpaired) electrons. The molecule has 0 saturated heterocycles. The van der Waals surface area contributed by atoms with Gasteiger partial charge in [-0.2, -0.15) is 0 Å². The highest BCUT2D eigenvalue weighted by Crippen LogP contribution is 2.20. The summed E-state index contributed by atoms with van der Waals surface area (Å²) in [6.45, 7) is 7.56. The van der Waals surface area contributed by atoms with Crippen LogP contribution in [0.15, 0.2) is 18.9 Å². The Labute approximate surface area is 106 Å². The smallest absolute Gasteiger partial charge is 0.237 e. The molecule has 3 N–H and O–H groups in total. The maximum Gasteiger partial charge on any atom is 0.237 e. The molecule has 1 rings (SSSR count). The van der Waals surface area contributed by atoms with Crippen LogP contribution in [0.25, 0.3) is 0 Å². The Hall–Kier alpha value is -1.20. The molecule has 94 valence electrons. The molecule has 0 spiro atoms. The fraction of sp³-hybridized carbons (Fsp3) is 0.500. The molecule has 0 bridgehead atoms. The zero-order chi connectivity index (χ0) is 12.8. The summed E-state index contributed by atoms with van der Waals surface area (Å²) in [5.41, 5.74) is 5.69. The third kappa shape index (κ3) is 3.94. The quantitative estimate of drug-likeness (QED) is 0.759. The predicted molar refractivity (Wildman–Crippen MR) is 70.8 cm³/mol. The summed E-state index contributed by atoms with van der Waals surface area (Å²) in [6, 6.07) is -0.621. The lowest BCUT2D eigenvalue weighted by molar-refractivity contribution is -0.122. The number of thiazole rings is 1. The normalized spacial score (nSPS) is 14.1. The summed E-state index contributed by atoms with van der Waals surface area (Å²) >= 11 is 1.62. The first-order valence-electron chi connectivity index (χ1n) is 5.69. The molecule has 2 atom stereocenters. The average molecular weight is 253 g/mol. The van der Waals surface area contributed by atoms with Crippen molar-refractivity contribution in [3.05, 3.63) is 28.7 Å². The van der Waals surface area contributed by atoms with Gasteiger partial charge in [-0.3, -0.25) is 4.79 Å². The first kappa shape index (κ1) is 13.9. The topological polar surface area (TPSA) is 68.0 Å². The summed E-state index contributed by atoms with van der Waals surface area (Å²) < 4.78 is 0. The van der Waals surface area contributed by atoms with Crippen molar-refractivity contribution in [3.63, 3.8) is 0 Å². The van der Waals surface area contributed by atoms with E-state index in [4.69, 9.17) is 5.73 Å². The number of nitrogens with two attached hydrogens (primary N) is 1. The van der Waals surface area contributed by atoms with Crippen LogP contribution in [0.3, 0.4) is 0 Å². The van der Waals surface area contributed by atoms with E-state index in [0.29, 0.717) is 6.42 Å². The zero-order valence-corrected chi connectivity index (χ0v) is 11.1. The molecular formula is C12H19N3OS. The van der Waals surface area contributed by atoms with E-state index in [-0.39, 0.29) is 11.9 Å². The van der Waals surface area contributed by atoms with E-state index in [1.165, 1.54) is 4.88 Å². The SMILES string of the molecule is C=CCC(N)C(=O)NC(C)c1ncc(CC)s1. The minimum atomic E-state index is -0.527. The molecule has 0 fully saturated rings. The highest BCUT2D eigenvalue weighted by molar-refractivity contribution is 7.11. The van der Waals surface area contributed by atoms with Crippen LogP contribution in [-0.2, 0) is 11.2 Å². The first-order valence-corrected chi connectivity index (χ1v) is 6.51. The van der Waals surface area contributed by atoms with Crippen LogP contribution in [0.1, 0.15) is 36.2 Å². The van der Waals surface area contributed by atoms with Gasteiger partial charge in [-0.25, -0.2) is 4.98 Å². The van der Waals surface area contributed by atoms with Gasteiger partial charge in [-0.15, -0.1) is 17.9 Å². The lowest BCUT2D eigenvalue weighted by Crippen LogP contribution is -2.41. The van der Waals surface area contributed by atoms with Gasteiger partial charge in [0.05, 0.1) is 12.1 Å². The number of hydrogen-bond donors (Lipinski definition) is 2. The van der Waals surface area contributed by atoms with Crippen molar-refractivity contribution in [1.29, 1.82) is 0 Å². The summed E-state index contributed by atoms with van der Waals surface area (Å²) in [6.07, 6.45) is 4.95. The minimum absolute atomic E-state index is 0.0938. The predicted octanol–water partition coefficient (Wildman–Crippen LogP) is 1.79. The Morgan fingerprint density at radius 1 is 1.76 bits per heavy atom. The number of hydrogen-bond acceptors (Lipinski definition) is 4. The summed E-state index contributed by atoms with van der Waals surface area (Å²) in [5.74, 6) is -0.161. The lowest BCUT2D eigenvalue weighted by Gasteiger charge is -2.14. The van der Waals surface area contributed by atoms with Gasteiger partial charge in [-0.05, 0) is 19.8 Å². The second kappa shape index (κ2) is 6.51. The largest absolute Gasteiger partial charge is 0.346 e. The van der Waals surface area contributed by atoms with Crippen LogP contribution in [-0.4, -0.2) is 16.9 Å². The molecule has 0 aliphatic carbocycles. The maximum atomic E-state index is 11.7. The molecule has 0 aromatic carbocycles. The molecule has 5 heteroatoms. The van der Waals surface area contributed by atoms with Gasteiger partial charge < -0.3 is 11.1 Å². The minimum Gasteiger partial charge on any atom is -0.346 e. The first-order chi connectivity index (χ1) is 8.08. The number of nitrogens with one attached hydrogen (secondary N) is 1. The summed E-state index contributed by atoms with van der Waals surface area (Å²) in [5, 5.41) is 3.77. The van der Waals surface area contributed by atoms with Gasteiger partial charge in [0.15, 0.2) is 0 Å². The van der Waals surface area contributed by atoms with Gasteiger partial charge >= 0.3 is 0 Å². The van der Waals surface area contributed by atoms with E-state index in [9.17, 15) is 4.79 Å². The number of rotatable bonds is 6.